The lowest BCUT2D eigenvalue weighted by Gasteiger charge is -2.35. The van der Waals surface area contributed by atoms with Crippen LogP contribution < -0.4 is 10.1 Å². The quantitative estimate of drug-likeness (QED) is 0.683. The van der Waals surface area contributed by atoms with E-state index < -0.39 is 0 Å². The van der Waals surface area contributed by atoms with E-state index in [0.717, 1.165) is 30.0 Å². The van der Waals surface area contributed by atoms with Crippen LogP contribution in [0.2, 0.25) is 0 Å². The summed E-state index contributed by atoms with van der Waals surface area (Å²) in [6.45, 7) is 4.68. The lowest BCUT2D eigenvalue weighted by Crippen LogP contribution is -2.42. The molecule has 6 heteroatoms. The third kappa shape index (κ3) is 6.22. The van der Waals surface area contributed by atoms with Crippen molar-refractivity contribution >= 4 is 12.4 Å². The molecule has 0 bridgehead atoms. The molecule has 28 heavy (non-hydrogen) atoms. The van der Waals surface area contributed by atoms with Crippen LogP contribution in [0.5, 0.6) is 5.75 Å². The molecule has 4 nitrogen and oxygen atoms in total. The Morgan fingerprint density at radius 2 is 1.96 bits per heavy atom. The molecule has 0 aliphatic carbocycles. The predicted molar refractivity (Wildman–Crippen MR) is 111 cm³/mol. The molecule has 1 aliphatic heterocycles. The second-order valence-corrected chi connectivity index (χ2v) is 6.45. The first-order valence-electron chi connectivity index (χ1n) is 9.20. The van der Waals surface area contributed by atoms with Gasteiger partial charge >= 0.3 is 0 Å². The number of nitrogens with zero attached hydrogens (tertiary/aromatic N) is 1. The zero-order chi connectivity index (χ0) is 18.9. The molecular weight excluding hydrogens is 379 g/mol. The maximum Gasteiger partial charge on any atom is 0.148 e. The van der Waals surface area contributed by atoms with Crippen LogP contribution in [0, 0.1) is 18.2 Å². The Hall–Kier alpha value is -2.10. The Kier molecular flexibility index (Phi) is 9.26. The molecule has 1 saturated heterocycles. The molecule has 3 rings (SSSR count). The van der Waals surface area contributed by atoms with Gasteiger partial charge in [0, 0.05) is 37.8 Å². The fraction of sp³-hybridized carbons (Fsp3) is 0.364. The number of terminal acetylenes is 1. The Morgan fingerprint density at radius 1 is 1.18 bits per heavy atom. The van der Waals surface area contributed by atoms with Crippen molar-refractivity contribution < 1.29 is 13.9 Å². The molecular formula is C22H26ClFN2O2. The Bertz CT molecular complexity index is 775. The van der Waals surface area contributed by atoms with Crippen LogP contribution in [0.3, 0.4) is 0 Å². The Balaban J connectivity index is 0.00000280. The van der Waals surface area contributed by atoms with Gasteiger partial charge in [-0.15, -0.1) is 18.8 Å². The van der Waals surface area contributed by atoms with Crippen LogP contribution >= 0.6 is 12.4 Å². The number of para-hydroxylation sites is 1. The Morgan fingerprint density at radius 3 is 2.71 bits per heavy atom. The van der Waals surface area contributed by atoms with Gasteiger partial charge in [0.15, 0.2) is 0 Å². The number of halogens is 2. The molecule has 0 aromatic heterocycles. The maximum atomic E-state index is 13.8. The monoisotopic (exact) mass is 404 g/mol. The van der Waals surface area contributed by atoms with E-state index in [9.17, 15) is 4.39 Å². The summed E-state index contributed by atoms with van der Waals surface area (Å²) in [5.74, 6) is 3.07. The minimum absolute atomic E-state index is 0. The highest BCUT2D eigenvalue weighted by Gasteiger charge is 2.22. The van der Waals surface area contributed by atoms with E-state index >= 15 is 0 Å². The number of nitrogens with one attached hydrogen (secondary N) is 1. The van der Waals surface area contributed by atoms with Gasteiger partial charge in [0.1, 0.15) is 18.2 Å². The molecule has 1 heterocycles. The molecule has 0 radical (unpaired) electrons. The standard InChI is InChI=1S/C22H25FN2O2.ClH/c1-2-12-27-22-9-4-3-6-19(22)16-24-17-21(25-10-13-26-14-11-25)18-7-5-8-20(23)15-18;/h1,3-9,15,21,24H,10-14,16-17H2;1H. The van der Waals surface area contributed by atoms with Gasteiger partial charge in [-0.1, -0.05) is 36.3 Å². The van der Waals surface area contributed by atoms with Gasteiger partial charge in [0.05, 0.1) is 13.2 Å². The van der Waals surface area contributed by atoms with E-state index in [1.165, 1.54) is 6.07 Å². The zero-order valence-electron chi connectivity index (χ0n) is 15.8. The highest BCUT2D eigenvalue weighted by atomic mass is 35.5. The van der Waals surface area contributed by atoms with E-state index in [0.29, 0.717) is 26.3 Å². The van der Waals surface area contributed by atoms with E-state index in [-0.39, 0.29) is 30.9 Å². The first-order valence-corrected chi connectivity index (χ1v) is 9.20. The zero-order valence-corrected chi connectivity index (χ0v) is 16.6. The van der Waals surface area contributed by atoms with Crippen LogP contribution in [0.1, 0.15) is 17.2 Å². The van der Waals surface area contributed by atoms with Crippen molar-refractivity contribution in [3.63, 3.8) is 0 Å². The van der Waals surface area contributed by atoms with Gasteiger partial charge in [0.25, 0.3) is 0 Å². The van der Waals surface area contributed by atoms with Gasteiger partial charge < -0.3 is 14.8 Å². The van der Waals surface area contributed by atoms with Crippen LogP contribution in [0.15, 0.2) is 48.5 Å². The van der Waals surface area contributed by atoms with Crippen molar-refractivity contribution in [1.29, 1.82) is 0 Å². The smallest absolute Gasteiger partial charge is 0.148 e. The predicted octanol–water partition coefficient (Wildman–Crippen LogP) is 3.42. The van der Waals surface area contributed by atoms with Crippen molar-refractivity contribution in [2.24, 2.45) is 0 Å². The van der Waals surface area contributed by atoms with E-state index in [4.69, 9.17) is 15.9 Å². The lowest BCUT2D eigenvalue weighted by atomic mass is 10.0. The summed E-state index contributed by atoms with van der Waals surface area (Å²) >= 11 is 0. The maximum absolute atomic E-state index is 13.8. The normalized spacial score (nSPS) is 15.3. The number of morpholine rings is 1. The average Bonchev–Trinajstić information content (AvgIpc) is 2.71. The summed E-state index contributed by atoms with van der Waals surface area (Å²) in [4.78, 5) is 2.34. The molecule has 0 saturated carbocycles. The summed E-state index contributed by atoms with van der Waals surface area (Å²) < 4.78 is 24.8. The molecule has 0 spiro atoms. The van der Waals surface area contributed by atoms with E-state index in [1.54, 1.807) is 12.1 Å². The molecule has 1 fully saturated rings. The molecule has 0 amide bonds. The fourth-order valence-electron chi connectivity index (χ4n) is 3.31. The van der Waals surface area contributed by atoms with E-state index in [1.807, 2.05) is 30.3 Å². The summed E-state index contributed by atoms with van der Waals surface area (Å²) in [5, 5.41) is 3.50. The number of hydrogen-bond acceptors (Lipinski definition) is 4. The number of ether oxygens (including phenoxy) is 2. The van der Waals surface area contributed by atoms with Gasteiger partial charge in [-0.2, -0.15) is 0 Å². The largest absolute Gasteiger partial charge is 0.481 e. The molecule has 1 aliphatic rings. The number of benzene rings is 2. The molecule has 2 aromatic rings. The average molecular weight is 405 g/mol. The summed E-state index contributed by atoms with van der Waals surface area (Å²) in [5.41, 5.74) is 2.02. The molecule has 1 atom stereocenters. The summed E-state index contributed by atoms with van der Waals surface area (Å²) in [6.07, 6.45) is 5.29. The molecule has 1 N–H and O–H groups in total. The SMILES string of the molecule is C#CCOc1ccccc1CNCC(c1cccc(F)c1)N1CCOCC1.Cl. The highest BCUT2D eigenvalue weighted by Crippen LogP contribution is 2.23. The van der Waals surface area contributed by atoms with Gasteiger partial charge in [-0.25, -0.2) is 4.39 Å². The van der Waals surface area contributed by atoms with Crippen molar-refractivity contribution in [2.75, 3.05) is 39.5 Å². The molecule has 2 aromatic carbocycles. The van der Waals surface area contributed by atoms with Crippen LogP contribution in [0.4, 0.5) is 4.39 Å². The second-order valence-electron chi connectivity index (χ2n) is 6.45. The fourth-order valence-corrected chi connectivity index (χ4v) is 3.31. The van der Waals surface area contributed by atoms with Crippen LogP contribution in [-0.2, 0) is 11.3 Å². The highest BCUT2D eigenvalue weighted by molar-refractivity contribution is 5.85. The third-order valence-corrected chi connectivity index (χ3v) is 4.66. The second kappa shape index (κ2) is 11.7. The van der Waals surface area contributed by atoms with Crippen molar-refractivity contribution in [1.82, 2.24) is 10.2 Å². The summed E-state index contributed by atoms with van der Waals surface area (Å²) in [6, 6.07) is 14.8. The summed E-state index contributed by atoms with van der Waals surface area (Å²) in [7, 11) is 0. The Labute approximate surface area is 172 Å². The van der Waals surface area contributed by atoms with Gasteiger partial charge in [0.2, 0.25) is 0 Å². The van der Waals surface area contributed by atoms with Crippen molar-refractivity contribution in [3.05, 3.63) is 65.5 Å². The van der Waals surface area contributed by atoms with Crippen molar-refractivity contribution in [3.8, 4) is 18.1 Å². The van der Waals surface area contributed by atoms with Crippen molar-refractivity contribution in [2.45, 2.75) is 12.6 Å². The van der Waals surface area contributed by atoms with Crippen LogP contribution in [-0.4, -0.2) is 44.4 Å². The minimum Gasteiger partial charge on any atom is -0.481 e. The van der Waals surface area contributed by atoms with Gasteiger partial charge in [-0.05, 0) is 23.8 Å². The first kappa shape index (κ1) is 22.2. The number of rotatable bonds is 8. The topological polar surface area (TPSA) is 33.7 Å². The lowest BCUT2D eigenvalue weighted by molar-refractivity contribution is 0.0160. The molecule has 1 unspecified atom stereocenters. The van der Waals surface area contributed by atoms with Gasteiger partial charge in [-0.3, -0.25) is 4.90 Å². The third-order valence-electron chi connectivity index (χ3n) is 4.66. The minimum atomic E-state index is -0.209. The molecule has 150 valence electrons. The number of hydrogen-bond donors (Lipinski definition) is 1. The first-order chi connectivity index (χ1) is 13.3. The van der Waals surface area contributed by atoms with Crippen LogP contribution in [0.25, 0.3) is 0 Å². The van der Waals surface area contributed by atoms with E-state index in [2.05, 4.69) is 16.1 Å².